The second kappa shape index (κ2) is 19.1. The van der Waals surface area contributed by atoms with Crippen LogP contribution in [0, 0.1) is 0 Å². The molecule has 2 aromatic heterocycles. The SMILES string of the molecule is c1ccc(-c2c3ccccc3c(-c3cccc(-c4cccc(-c5ccc(-c6ccccn6)nc5-c5cccc(-c6cccc(-c7c8ccccc8c(-c8ccccc8)c8ccccc78)c6)c5)c4)c3)c3ccccc23)cc1. The molecule has 0 radical (unpaired) electrons. The van der Waals surface area contributed by atoms with Crippen LogP contribution in [0.25, 0.3) is 144 Å². The largest absolute Gasteiger partial charge is 0.255 e. The highest BCUT2D eigenvalue weighted by molar-refractivity contribution is 6.23. The number of benzene rings is 12. The summed E-state index contributed by atoms with van der Waals surface area (Å²) >= 11 is 0. The Kier molecular flexibility index (Phi) is 11.2. The molecule has 0 saturated heterocycles. The van der Waals surface area contributed by atoms with Crippen LogP contribution in [0.4, 0.5) is 0 Å². The van der Waals surface area contributed by atoms with Crippen molar-refractivity contribution in [1.29, 1.82) is 0 Å². The highest BCUT2D eigenvalue weighted by Gasteiger charge is 2.20. The van der Waals surface area contributed by atoms with E-state index in [1.54, 1.807) is 0 Å². The first-order valence-electron chi connectivity index (χ1n) is 26.0. The molecule has 0 spiro atoms. The van der Waals surface area contributed by atoms with Crippen LogP contribution < -0.4 is 0 Å². The van der Waals surface area contributed by atoms with Gasteiger partial charge < -0.3 is 0 Å². The second-order valence-corrected chi connectivity index (χ2v) is 19.5. The summed E-state index contributed by atoms with van der Waals surface area (Å²) in [6.07, 6.45) is 1.83. The Morgan fingerprint density at radius 2 is 0.513 bits per heavy atom. The van der Waals surface area contributed by atoms with Gasteiger partial charge in [-0.1, -0.05) is 237 Å². The van der Waals surface area contributed by atoms with E-state index in [-0.39, 0.29) is 0 Å². The minimum atomic E-state index is 0.825. The molecule has 0 N–H and O–H groups in total. The number of aromatic nitrogens is 2. The van der Waals surface area contributed by atoms with Crippen molar-refractivity contribution >= 4 is 43.1 Å². The smallest absolute Gasteiger partial charge is 0.0894 e. The third-order valence-electron chi connectivity index (χ3n) is 15.1. The maximum atomic E-state index is 5.47. The Labute approximate surface area is 442 Å². The average molecular weight is 965 g/mol. The molecule has 0 unspecified atom stereocenters. The van der Waals surface area contributed by atoms with Gasteiger partial charge in [-0.25, -0.2) is 4.98 Å². The topological polar surface area (TPSA) is 25.8 Å². The highest BCUT2D eigenvalue weighted by Crippen LogP contribution is 2.47. The number of pyridine rings is 2. The van der Waals surface area contributed by atoms with E-state index in [0.717, 1.165) is 56.0 Å². The van der Waals surface area contributed by atoms with Crippen molar-refractivity contribution < 1.29 is 0 Å². The summed E-state index contributed by atoms with van der Waals surface area (Å²) in [5.41, 5.74) is 20.1. The van der Waals surface area contributed by atoms with Crippen molar-refractivity contribution in [3.8, 4) is 101 Å². The van der Waals surface area contributed by atoms with Gasteiger partial charge in [-0.15, -0.1) is 0 Å². The molecule has 2 nitrogen and oxygen atoms in total. The van der Waals surface area contributed by atoms with Crippen LogP contribution in [0.1, 0.15) is 0 Å². The first-order valence-corrected chi connectivity index (χ1v) is 26.0. The Hall–Kier alpha value is -10.0. The molecule has 0 atom stereocenters. The standard InChI is InChI=1S/C74H48N2/c1-3-21-49(22-4-1)70-60-33-7-11-37-64(60)72(65-38-12-8-34-61(65)70)56-30-18-26-52(46-56)51-25-17-29-55(45-51)59-42-43-69(68-41-15-16-44-75-68)76-74(59)58-32-20-28-54(48-58)53-27-19-31-57(47-53)73-66-39-13-9-35-62(66)71(50-23-5-2-6-24-50)63-36-10-14-40-67(63)73/h1-48H. The number of hydrogen-bond donors (Lipinski definition) is 0. The maximum Gasteiger partial charge on any atom is 0.0894 e. The van der Waals surface area contributed by atoms with Crippen LogP contribution in [0.5, 0.6) is 0 Å². The molecule has 14 aromatic rings. The lowest BCUT2D eigenvalue weighted by molar-refractivity contribution is 1.25. The van der Waals surface area contributed by atoms with Crippen LogP contribution >= 0.6 is 0 Å². The lowest BCUT2D eigenvalue weighted by Gasteiger charge is -2.18. The fraction of sp³-hybridized carbons (Fsp3) is 0. The van der Waals surface area contributed by atoms with Crippen LogP contribution in [-0.2, 0) is 0 Å². The van der Waals surface area contributed by atoms with Gasteiger partial charge in [0.1, 0.15) is 0 Å². The summed E-state index contributed by atoms with van der Waals surface area (Å²) in [5.74, 6) is 0. The van der Waals surface area contributed by atoms with Crippen molar-refractivity contribution in [3.05, 3.63) is 291 Å². The lowest BCUT2D eigenvalue weighted by Crippen LogP contribution is -1.95. The third kappa shape index (κ3) is 7.92. The Morgan fingerprint density at radius 1 is 0.197 bits per heavy atom. The Morgan fingerprint density at radius 3 is 0.921 bits per heavy atom. The van der Waals surface area contributed by atoms with E-state index in [1.165, 1.54) is 87.6 Å². The molecular weight excluding hydrogens is 917 g/mol. The number of rotatable bonds is 9. The molecule has 2 heterocycles. The van der Waals surface area contributed by atoms with Crippen LogP contribution in [0.3, 0.4) is 0 Å². The minimum Gasteiger partial charge on any atom is -0.255 e. The van der Waals surface area contributed by atoms with Crippen molar-refractivity contribution in [3.63, 3.8) is 0 Å². The van der Waals surface area contributed by atoms with Gasteiger partial charge in [-0.05, 0) is 164 Å². The van der Waals surface area contributed by atoms with Crippen molar-refractivity contribution in [2.45, 2.75) is 0 Å². The summed E-state index contributed by atoms with van der Waals surface area (Å²) < 4.78 is 0. The molecule has 14 rings (SSSR count). The van der Waals surface area contributed by atoms with Gasteiger partial charge in [0.25, 0.3) is 0 Å². The van der Waals surface area contributed by atoms with E-state index in [0.29, 0.717) is 0 Å². The molecule has 0 amide bonds. The molecule has 0 fully saturated rings. The fourth-order valence-corrected chi connectivity index (χ4v) is 11.7. The number of nitrogens with zero attached hydrogens (tertiary/aromatic N) is 2. The summed E-state index contributed by atoms with van der Waals surface area (Å²) in [5, 5.41) is 9.93. The van der Waals surface area contributed by atoms with Gasteiger partial charge in [0.15, 0.2) is 0 Å². The predicted octanol–water partition coefficient (Wildman–Crippen LogP) is 20.1. The van der Waals surface area contributed by atoms with Gasteiger partial charge in [-0.2, -0.15) is 0 Å². The van der Waals surface area contributed by atoms with Crippen LogP contribution in [0.2, 0.25) is 0 Å². The van der Waals surface area contributed by atoms with E-state index >= 15 is 0 Å². The van der Waals surface area contributed by atoms with Crippen LogP contribution in [0.15, 0.2) is 291 Å². The van der Waals surface area contributed by atoms with Gasteiger partial charge in [0, 0.05) is 17.3 Å². The summed E-state index contributed by atoms with van der Waals surface area (Å²) in [6.45, 7) is 0. The van der Waals surface area contributed by atoms with E-state index in [9.17, 15) is 0 Å². The van der Waals surface area contributed by atoms with Gasteiger partial charge >= 0.3 is 0 Å². The maximum absolute atomic E-state index is 5.47. The molecule has 76 heavy (non-hydrogen) atoms. The van der Waals surface area contributed by atoms with Crippen molar-refractivity contribution in [2.24, 2.45) is 0 Å². The monoisotopic (exact) mass is 964 g/mol. The molecule has 354 valence electrons. The summed E-state index contributed by atoms with van der Waals surface area (Å²) in [4.78, 5) is 10.2. The van der Waals surface area contributed by atoms with Gasteiger partial charge in [0.2, 0.25) is 0 Å². The molecule has 0 saturated carbocycles. The van der Waals surface area contributed by atoms with Crippen molar-refractivity contribution in [1.82, 2.24) is 9.97 Å². The van der Waals surface area contributed by atoms with E-state index in [2.05, 4.69) is 267 Å². The predicted molar refractivity (Wildman–Crippen MR) is 321 cm³/mol. The van der Waals surface area contributed by atoms with E-state index in [1.807, 2.05) is 24.4 Å². The molecule has 0 aliphatic heterocycles. The molecule has 0 aliphatic carbocycles. The van der Waals surface area contributed by atoms with Crippen molar-refractivity contribution in [2.75, 3.05) is 0 Å². The second-order valence-electron chi connectivity index (χ2n) is 19.5. The normalized spacial score (nSPS) is 11.4. The zero-order valence-corrected chi connectivity index (χ0v) is 41.6. The molecular formula is C74H48N2. The summed E-state index contributed by atoms with van der Waals surface area (Å²) in [6, 6.07) is 103. The first kappa shape index (κ1) is 44.7. The average Bonchev–Trinajstić information content (AvgIpc) is 3.58. The van der Waals surface area contributed by atoms with Gasteiger partial charge in [0.05, 0.1) is 17.1 Å². The quantitative estimate of drug-likeness (QED) is 0.135. The lowest BCUT2D eigenvalue weighted by atomic mass is 9.85. The summed E-state index contributed by atoms with van der Waals surface area (Å²) in [7, 11) is 0. The van der Waals surface area contributed by atoms with E-state index < -0.39 is 0 Å². The fourth-order valence-electron chi connectivity index (χ4n) is 11.7. The van der Waals surface area contributed by atoms with E-state index in [4.69, 9.17) is 9.97 Å². The Balaban J connectivity index is 0.878. The first-order chi connectivity index (χ1) is 37.7. The van der Waals surface area contributed by atoms with Crippen LogP contribution in [-0.4, -0.2) is 9.97 Å². The number of hydrogen-bond acceptors (Lipinski definition) is 2. The molecule has 12 aromatic carbocycles. The molecule has 2 heteroatoms. The highest BCUT2D eigenvalue weighted by atomic mass is 14.8. The van der Waals surface area contributed by atoms with Gasteiger partial charge in [-0.3, -0.25) is 4.98 Å². The Bertz CT molecular complexity index is 4390. The minimum absolute atomic E-state index is 0.825. The zero-order chi connectivity index (χ0) is 50.4. The molecule has 0 aliphatic rings. The zero-order valence-electron chi connectivity index (χ0n) is 41.6. The molecule has 0 bridgehead atoms. The third-order valence-corrected chi connectivity index (χ3v) is 15.1. The number of fused-ring (bicyclic) bond motifs is 4.